The summed E-state index contributed by atoms with van der Waals surface area (Å²) in [5, 5.41) is 9.17. The minimum Gasteiger partial charge on any atom is -0.160 e. The van der Waals surface area contributed by atoms with Gasteiger partial charge in [0.1, 0.15) is 0 Å². The van der Waals surface area contributed by atoms with E-state index < -0.39 is 0 Å². The Morgan fingerprint density at radius 1 is 0.389 bits per heavy atom. The van der Waals surface area contributed by atoms with E-state index in [0.29, 0.717) is 0 Å². The lowest BCUT2D eigenvalue weighted by Gasteiger charge is -2.11. The van der Waals surface area contributed by atoms with Crippen molar-refractivity contribution in [3.8, 4) is 0 Å². The minimum atomic E-state index is 1.19. The molecule has 2 aliphatic carbocycles. The largest absolute Gasteiger partial charge is 0.160 e. The molecule has 0 atom stereocenters. The molecule has 0 aromatic heterocycles. The first kappa shape index (κ1) is 13.8. The Bertz CT molecular complexity index is 241. The van der Waals surface area contributed by atoms with Gasteiger partial charge in [-0.25, -0.2) is 0 Å². The van der Waals surface area contributed by atoms with Gasteiger partial charge in [0.15, 0.2) is 0 Å². The van der Waals surface area contributed by atoms with Crippen molar-refractivity contribution in [3.63, 3.8) is 0 Å². The molecule has 2 heteroatoms. The number of hydrogen-bond donors (Lipinski definition) is 0. The SMILES string of the molecule is C1CCCC(=NN=C2CCCCCCC2)CCC1. The van der Waals surface area contributed by atoms with Gasteiger partial charge in [0.2, 0.25) is 0 Å². The van der Waals surface area contributed by atoms with Gasteiger partial charge < -0.3 is 0 Å². The highest BCUT2D eigenvalue weighted by atomic mass is 15.2. The van der Waals surface area contributed by atoms with Crippen LogP contribution in [0.25, 0.3) is 0 Å². The van der Waals surface area contributed by atoms with Crippen molar-refractivity contribution >= 4 is 11.4 Å². The summed E-state index contributed by atoms with van der Waals surface area (Å²) < 4.78 is 0. The van der Waals surface area contributed by atoms with E-state index in [1.54, 1.807) is 0 Å². The molecule has 2 nitrogen and oxygen atoms in total. The summed E-state index contributed by atoms with van der Waals surface area (Å²) in [6, 6.07) is 0. The van der Waals surface area contributed by atoms with Crippen molar-refractivity contribution < 1.29 is 0 Å². The van der Waals surface area contributed by atoms with E-state index in [1.807, 2.05) is 0 Å². The topological polar surface area (TPSA) is 24.7 Å². The zero-order chi connectivity index (χ0) is 12.5. The smallest absolute Gasteiger partial charge is 0.0405 e. The summed E-state index contributed by atoms with van der Waals surface area (Å²) in [6.45, 7) is 0. The maximum atomic E-state index is 4.59. The fraction of sp³-hybridized carbons (Fsp3) is 0.875. The van der Waals surface area contributed by atoms with Gasteiger partial charge in [-0.05, 0) is 51.4 Å². The molecule has 0 heterocycles. The zero-order valence-electron chi connectivity index (χ0n) is 11.8. The molecule has 0 aromatic carbocycles. The van der Waals surface area contributed by atoms with Crippen LogP contribution in [0, 0.1) is 0 Å². The Labute approximate surface area is 112 Å². The number of rotatable bonds is 1. The lowest BCUT2D eigenvalue weighted by molar-refractivity contribution is 0.602. The molecule has 0 spiro atoms. The van der Waals surface area contributed by atoms with E-state index in [2.05, 4.69) is 10.2 Å². The molecule has 0 bridgehead atoms. The van der Waals surface area contributed by atoms with Crippen LogP contribution in [-0.2, 0) is 0 Å². The molecule has 0 saturated heterocycles. The van der Waals surface area contributed by atoms with Crippen molar-refractivity contribution in [1.29, 1.82) is 0 Å². The molecule has 0 N–H and O–H groups in total. The van der Waals surface area contributed by atoms with Gasteiger partial charge in [-0.15, -0.1) is 0 Å². The molecule has 18 heavy (non-hydrogen) atoms. The highest BCUT2D eigenvalue weighted by Crippen LogP contribution is 2.17. The van der Waals surface area contributed by atoms with Crippen LogP contribution in [0.1, 0.15) is 89.9 Å². The summed E-state index contributed by atoms with van der Waals surface area (Å²) in [6.07, 6.45) is 18.4. The minimum absolute atomic E-state index is 1.19. The third kappa shape index (κ3) is 5.32. The summed E-state index contributed by atoms with van der Waals surface area (Å²) >= 11 is 0. The fourth-order valence-corrected chi connectivity index (χ4v) is 2.97. The first-order valence-electron chi connectivity index (χ1n) is 8.06. The Hall–Kier alpha value is -0.660. The molecule has 0 amide bonds. The van der Waals surface area contributed by atoms with E-state index in [0.717, 1.165) is 0 Å². The molecule has 0 aliphatic heterocycles. The van der Waals surface area contributed by atoms with E-state index in [9.17, 15) is 0 Å². The summed E-state index contributed by atoms with van der Waals surface area (Å²) in [5.41, 5.74) is 2.73. The standard InChI is InChI=1S/C16H28N2/c1-3-7-11-15(12-8-4-1)17-18-16-13-9-5-2-6-10-14-16/h1-14H2. The van der Waals surface area contributed by atoms with Crippen LogP contribution in [0.15, 0.2) is 10.2 Å². The normalized spacial score (nSPS) is 23.6. The van der Waals surface area contributed by atoms with E-state index in [1.165, 1.54) is 101 Å². The molecule has 0 radical (unpaired) electrons. The fourth-order valence-electron chi connectivity index (χ4n) is 2.97. The Balaban J connectivity index is 1.88. The van der Waals surface area contributed by atoms with Gasteiger partial charge in [0.05, 0.1) is 0 Å². The molecule has 0 unspecified atom stereocenters. The molecule has 2 saturated carbocycles. The van der Waals surface area contributed by atoms with Gasteiger partial charge in [-0.3, -0.25) is 0 Å². The van der Waals surface area contributed by atoms with E-state index >= 15 is 0 Å². The van der Waals surface area contributed by atoms with Crippen LogP contribution < -0.4 is 0 Å². The predicted molar refractivity (Wildman–Crippen MR) is 79.5 cm³/mol. The van der Waals surface area contributed by atoms with Gasteiger partial charge in [-0.1, -0.05) is 38.5 Å². The molecule has 102 valence electrons. The second-order valence-corrected chi connectivity index (χ2v) is 5.87. The summed E-state index contributed by atoms with van der Waals surface area (Å²) in [5.74, 6) is 0. The van der Waals surface area contributed by atoms with E-state index in [-0.39, 0.29) is 0 Å². The number of hydrogen-bond acceptors (Lipinski definition) is 2. The van der Waals surface area contributed by atoms with Crippen molar-refractivity contribution in [2.75, 3.05) is 0 Å². The quantitative estimate of drug-likeness (QED) is 0.565. The van der Waals surface area contributed by atoms with Gasteiger partial charge in [-0.2, -0.15) is 10.2 Å². The van der Waals surface area contributed by atoms with Crippen LogP contribution >= 0.6 is 0 Å². The molecule has 2 aliphatic rings. The first-order valence-corrected chi connectivity index (χ1v) is 8.06. The van der Waals surface area contributed by atoms with Gasteiger partial charge in [0, 0.05) is 11.4 Å². The third-order valence-electron chi connectivity index (χ3n) is 4.19. The molecule has 0 aromatic rings. The second-order valence-electron chi connectivity index (χ2n) is 5.87. The Morgan fingerprint density at radius 2 is 0.667 bits per heavy atom. The highest BCUT2D eigenvalue weighted by Gasteiger charge is 2.07. The number of nitrogens with zero attached hydrogens (tertiary/aromatic N) is 2. The van der Waals surface area contributed by atoms with Crippen LogP contribution in [0.2, 0.25) is 0 Å². The van der Waals surface area contributed by atoms with Crippen molar-refractivity contribution in [1.82, 2.24) is 0 Å². The highest BCUT2D eigenvalue weighted by molar-refractivity contribution is 5.88. The predicted octanol–water partition coefficient (Wildman–Crippen LogP) is 5.27. The lowest BCUT2D eigenvalue weighted by atomic mass is 9.99. The van der Waals surface area contributed by atoms with Crippen LogP contribution in [-0.4, -0.2) is 11.4 Å². The average Bonchev–Trinajstić information content (AvgIpc) is 2.29. The monoisotopic (exact) mass is 248 g/mol. The van der Waals surface area contributed by atoms with Crippen LogP contribution in [0.5, 0.6) is 0 Å². The summed E-state index contributed by atoms with van der Waals surface area (Å²) in [7, 11) is 0. The maximum absolute atomic E-state index is 4.59. The molecular weight excluding hydrogens is 220 g/mol. The zero-order valence-corrected chi connectivity index (χ0v) is 11.8. The van der Waals surface area contributed by atoms with Gasteiger partial charge in [0.25, 0.3) is 0 Å². The van der Waals surface area contributed by atoms with Crippen molar-refractivity contribution in [2.45, 2.75) is 89.9 Å². The third-order valence-corrected chi connectivity index (χ3v) is 4.19. The van der Waals surface area contributed by atoms with Crippen LogP contribution in [0.3, 0.4) is 0 Å². The Morgan fingerprint density at radius 3 is 1.00 bits per heavy atom. The maximum Gasteiger partial charge on any atom is 0.0405 e. The molecule has 2 fully saturated rings. The molecular formula is C16H28N2. The molecule has 2 rings (SSSR count). The second kappa shape index (κ2) is 8.44. The van der Waals surface area contributed by atoms with E-state index in [4.69, 9.17) is 0 Å². The van der Waals surface area contributed by atoms with Crippen molar-refractivity contribution in [2.24, 2.45) is 10.2 Å². The van der Waals surface area contributed by atoms with Crippen molar-refractivity contribution in [3.05, 3.63) is 0 Å². The average molecular weight is 248 g/mol. The van der Waals surface area contributed by atoms with Crippen LogP contribution in [0.4, 0.5) is 0 Å². The van der Waals surface area contributed by atoms with Gasteiger partial charge >= 0.3 is 0 Å². The first-order chi connectivity index (χ1) is 8.95. The Kier molecular flexibility index (Phi) is 6.46. The summed E-state index contributed by atoms with van der Waals surface area (Å²) in [4.78, 5) is 0. The lowest BCUT2D eigenvalue weighted by Crippen LogP contribution is -2.04.